The average molecular weight is 376 g/mol. The Hall–Kier alpha value is -0.390. The molecule has 0 aliphatic rings. The molecule has 0 N–H and O–H groups in total. The summed E-state index contributed by atoms with van der Waals surface area (Å²) in [5.41, 5.74) is 0. The van der Waals surface area contributed by atoms with Gasteiger partial charge < -0.3 is 0 Å². The van der Waals surface area contributed by atoms with E-state index < -0.39 is 10.0 Å². The molecule has 3 nitrogen and oxygen atoms in total. The first-order valence-corrected chi connectivity index (χ1v) is 9.72. The summed E-state index contributed by atoms with van der Waals surface area (Å²) in [5.74, 6) is 0.980. The number of hydrogen-bond donors (Lipinski definition) is 0. The van der Waals surface area contributed by atoms with Gasteiger partial charge in [-0.15, -0.1) is 0 Å². The number of benzene rings is 1. The lowest BCUT2D eigenvalue weighted by Crippen LogP contribution is -2.34. The zero-order valence-electron chi connectivity index (χ0n) is 13.3. The summed E-state index contributed by atoms with van der Waals surface area (Å²) in [6.45, 7) is 9.63. The van der Waals surface area contributed by atoms with Gasteiger partial charge in [-0.1, -0.05) is 49.7 Å². The summed E-state index contributed by atoms with van der Waals surface area (Å²) >= 11 is 3.35. The minimum Gasteiger partial charge on any atom is -0.207 e. The standard InChI is InChI=1S/C16H26BrNO2S/c1-13(2)8-10-18(11-9-14(3)4)21(19,20)16-7-5-6-15(17)12-16/h5-7,12-14H,8-11H2,1-4H3. The van der Waals surface area contributed by atoms with Gasteiger partial charge in [0.1, 0.15) is 0 Å². The molecular weight excluding hydrogens is 350 g/mol. The van der Waals surface area contributed by atoms with Crippen molar-refractivity contribution < 1.29 is 8.42 Å². The molecule has 0 amide bonds. The van der Waals surface area contributed by atoms with Crippen LogP contribution >= 0.6 is 15.9 Å². The van der Waals surface area contributed by atoms with E-state index in [9.17, 15) is 8.42 Å². The van der Waals surface area contributed by atoms with E-state index in [1.54, 1.807) is 22.5 Å². The predicted octanol–water partition coefficient (Wildman–Crippen LogP) is 4.53. The first-order valence-electron chi connectivity index (χ1n) is 7.49. The van der Waals surface area contributed by atoms with Crippen molar-refractivity contribution in [1.82, 2.24) is 4.31 Å². The predicted molar refractivity (Wildman–Crippen MR) is 91.8 cm³/mol. The zero-order valence-corrected chi connectivity index (χ0v) is 15.7. The molecule has 0 saturated heterocycles. The van der Waals surface area contributed by atoms with E-state index in [1.165, 1.54) is 0 Å². The zero-order chi connectivity index (χ0) is 16.0. The summed E-state index contributed by atoms with van der Waals surface area (Å²) in [4.78, 5) is 0.365. The maximum atomic E-state index is 12.8. The van der Waals surface area contributed by atoms with E-state index in [-0.39, 0.29) is 0 Å². The Labute approximate surface area is 137 Å². The first-order chi connectivity index (χ1) is 9.73. The van der Waals surface area contributed by atoms with Gasteiger partial charge >= 0.3 is 0 Å². The van der Waals surface area contributed by atoms with E-state index in [4.69, 9.17) is 0 Å². The molecule has 5 heteroatoms. The van der Waals surface area contributed by atoms with Gasteiger partial charge in [0.25, 0.3) is 0 Å². The number of nitrogens with zero attached hydrogens (tertiary/aromatic N) is 1. The molecule has 21 heavy (non-hydrogen) atoms. The molecule has 0 saturated carbocycles. The molecule has 0 unspecified atom stereocenters. The van der Waals surface area contributed by atoms with Crippen LogP contribution in [-0.4, -0.2) is 25.8 Å². The van der Waals surface area contributed by atoms with Crippen molar-refractivity contribution in [3.63, 3.8) is 0 Å². The average Bonchev–Trinajstić information content (AvgIpc) is 2.37. The van der Waals surface area contributed by atoms with Gasteiger partial charge in [-0.05, 0) is 42.9 Å². The summed E-state index contributed by atoms with van der Waals surface area (Å²) in [7, 11) is -3.41. The van der Waals surface area contributed by atoms with Crippen LogP contribution in [-0.2, 0) is 10.0 Å². The van der Waals surface area contributed by atoms with Crippen LogP contribution in [0.4, 0.5) is 0 Å². The lowest BCUT2D eigenvalue weighted by molar-refractivity contribution is 0.357. The van der Waals surface area contributed by atoms with Crippen molar-refractivity contribution in [3.8, 4) is 0 Å². The van der Waals surface area contributed by atoms with Gasteiger partial charge in [-0.2, -0.15) is 4.31 Å². The molecule has 0 heterocycles. The first kappa shape index (κ1) is 18.7. The molecule has 0 aromatic heterocycles. The van der Waals surface area contributed by atoms with Gasteiger partial charge in [0.15, 0.2) is 0 Å². The summed E-state index contributed by atoms with van der Waals surface area (Å²) in [6.07, 6.45) is 1.76. The smallest absolute Gasteiger partial charge is 0.207 e. The molecular formula is C16H26BrNO2S. The van der Waals surface area contributed by atoms with E-state index in [1.807, 2.05) is 6.07 Å². The van der Waals surface area contributed by atoms with E-state index >= 15 is 0 Å². The van der Waals surface area contributed by atoms with Crippen LogP contribution in [0.25, 0.3) is 0 Å². The number of halogens is 1. The Kier molecular flexibility index (Phi) is 7.37. The second kappa shape index (κ2) is 8.30. The van der Waals surface area contributed by atoms with Gasteiger partial charge in [0, 0.05) is 17.6 Å². The second-order valence-electron chi connectivity index (χ2n) is 6.23. The highest BCUT2D eigenvalue weighted by Gasteiger charge is 2.24. The lowest BCUT2D eigenvalue weighted by Gasteiger charge is -2.24. The Balaban J connectivity index is 2.98. The Bertz CT molecular complexity index is 529. The van der Waals surface area contributed by atoms with Crippen molar-refractivity contribution in [3.05, 3.63) is 28.7 Å². The lowest BCUT2D eigenvalue weighted by atomic mass is 10.1. The highest BCUT2D eigenvalue weighted by atomic mass is 79.9. The molecule has 0 aliphatic carbocycles. The minimum atomic E-state index is -3.41. The van der Waals surface area contributed by atoms with Gasteiger partial charge in [-0.3, -0.25) is 0 Å². The summed E-state index contributed by atoms with van der Waals surface area (Å²) < 4.78 is 28.1. The number of rotatable bonds is 8. The molecule has 0 radical (unpaired) electrons. The minimum absolute atomic E-state index is 0.365. The topological polar surface area (TPSA) is 37.4 Å². The van der Waals surface area contributed by atoms with E-state index in [0.717, 1.165) is 17.3 Å². The van der Waals surface area contributed by atoms with Crippen LogP contribution in [0.2, 0.25) is 0 Å². The Morgan fingerprint density at radius 1 is 1.05 bits per heavy atom. The molecule has 120 valence electrons. The molecule has 0 bridgehead atoms. The van der Waals surface area contributed by atoms with Crippen LogP contribution in [0.15, 0.2) is 33.6 Å². The third-order valence-electron chi connectivity index (χ3n) is 3.35. The third kappa shape index (κ3) is 6.09. The maximum absolute atomic E-state index is 12.8. The summed E-state index contributed by atoms with van der Waals surface area (Å²) in [6, 6.07) is 6.94. The van der Waals surface area contributed by atoms with Gasteiger partial charge in [0.05, 0.1) is 4.90 Å². The fourth-order valence-corrected chi connectivity index (χ4v) is 4.00. The molecule has 1 rings (SSSR count). The van der Waals surface area contributed by atoms with Crippen LogP contribution in [0, 0.1) is 11.8 Å². The fraction of sp³-hybridized carbons (Fsp3) is 0.625. The fourth-order valence-electron chi connectivity index (χ4n) is 1.93. The normalized spacial score (nSPS) is 12.6. The number of hydrogen-bond acceptors (Lipinski definition) is 2. The van der Waals surface area contributed by atoms with Crippen molar-refractivity contribution >= 4 is 26.0 Å². The largest absolute Gasteiger partial charge is 0.243 e. The van der Waals surface area contributed by atoms with Crippen LogP contribution in [0.5, 0.6) is 0 Å². The molecule has 1 aromatic rings. The van der Waals surface area contributed by atoms with Crippen LogP contribution < -0.4 is 0 Å². The quantitative estimate of drug-likeness (QED) is 0.668. The number of sulfonamides is 1. The molecule has 0 fully saturated rings. The highest BCUT2D eigenvalue weighted by molar-refractivity contribution is 9.10. The second-order valence-corrected chi connectivity index (χ2v) is 9.08. The van der Waals surface area contributed by atoms with E-state index in [0.29, 0.717) is 29.8 Å². The van der Waals surface area contributed by atoms with E-state index in [2.05, 4.69) is 43.6 Å². The van der Waals surface area contributed by atoms with Crippen molar-refractivity contribution in [2.45, 2.75) is 45.4 Å². The third-order valence-corrected chi connectivity index (χ3v) is 5.73. The molecule has 0 atom stereocenters. The monoisotopic (exact) mass is 375 g/mol. The Morgan fingerprint density at radius 2 is 1.57 bits per heavy atom. The van der Waals surface area contributed by atoms with Crippen molar-refractivity contribution in [1.29, 1.82) is 0 Å². The molecule has 0 aliphatic heterocycles. The van der Waals surface area contributed by atoms with Crippen LogP contribution in [0.3, 0.4) is 0 Å². The van der Waals surface area contributed by atoms with Gasteiger partial charge in [-0.25, -0.2) is 8.42 Å². The molecule has 1 aromatic carbocycles. The van der Waals surface area contributed by atoms with Gasteiger partial charge in [0.2, 0.25) is 10.0 Å². The maximum Gasteiger partial charge on any atom is 0.243 e. The summed E-state index contributed by atoms with van der Waals surface area (Å²) in [5, 5.41) is 0. The van der Waals surface area contributed by atoms with Crippen molar-refractivity contribution in [2.75, 3.05) is 13.1 Å². The SMILES string of the molecule is CC(C)CCN(CCC(C)C)S(=O)(=O)c1cccc(Br)c1. The van der Waals surface area contributed by atoms with Crippen LogP contribution in [0.1, 0.15) is 40.5 Å². The highest BCUT2D eigenvalue weighted by Crippen LogP contribution is 2.21. The van der Waals surface area contributed by atoms with Crippen molar-refractivity contribution in [2.24, 2.45) is 11.8 Å². The Morgan fingerprint density at radius 3 is 2.00 bits per heavy atom. The molecule has 0 spiro atoms.